The Kier molecular flexibility index (Phi) is 7.91. The van der Waals surface area contributed by atoms with Crippen molar-refractivity contribution >= 4 is 16.7 Å². The van der Waals surface area contributed by atoms with Gasteiger partial charge in [-0.05, 0) is 99.2 Å². The molecule has 0 spiro atoms. The number of carbonyl (C=O) groups excluding carboxylic acids is 1. The van der Waals surface area contributed by atoms with Crippen LogP contribution in [0.4, 0.5) is 0 Å². The van der Waals surface area contributed by atoms with Crippen molar-refractivity contribution in [2.24, 2.45) is 5.92 Å². The molecule has 4 nitrogen and oxygen atoms in total. The summed E-state index contributed by atoms with van der Waals surface area (Å²) >= 11 is 0. The highest BCUT2D eigenvalue weighted by atomic mass is 16.5. The molecule has 2 aliphatic rings. The predicted octanol–water partition coefficient (Wildman–Crippen LogP) is 6.42. The molecule has 1 unspecified atom stereocenters. The van der Waals surface area contributed by atoms with Gasteiger partial charge in [0, 0.05) is 30.6 Å². The van der Waals surface area contributed by atoms with Gasteiger partial charge in [0.1, 0.15) is 5.75 Å². The summed E-state index contributed by atoms with van der Waals surface area (Å²) in [5, 5.41) is 2.42. The summed E-state index contributed by atoms with van der Waals surface area (Å²) in [5.41, 5.74) is 4.67. The second-order valence-corrected chi connectivity index (χ2v) is 10.8. The minimum atomic E-state index is 0.237. The number of fused-ring (bicyclic) bond motifs is 2. The quantitative estimate of drug-likeness (QED) is 0.346. The zero-order valence-electron chi connectivity index (χ0n) is 22.0. The number of rotatable bonds is 8. The van der Waals surface area contributed by atoms with Crippen molar-refractivity contribution < 1.29 is 9.53 Å². The number of ether oxygens (including phenoxy) is 1. The largest absolute Gasteiger partial charge is 0.493 e. The van der Waals surface area contributed by atoms with Crippen molar-refractivity contribution in [2.45, 2.75) is 52.4 Å². The van der Waals surface area contributed by atoms with E-state index in [1.165, 1.54) is 53.3 Å². The Bertz CT molecular complexity index is 1200. The van der Waals surface area contributed by atoms with E-state index in [1.54, 1.807) is 0 Å². The third-order valence-electron chi connectivity index (χ3n) is 8.10. The molecule has 2 heterocycles. The fourth-order valence-electron chi connectivity index (χ4n) is 5.90. The topological polar surface area (TPSA) is 32.8 Å². The van der Waals surface area contributed by atoms with Crippen molar-refractivity contribution in [1.82, 2.24) is 9.80 Å². The van der Waals surface area contributed by atoms with Crippen molar-refractivity contribution in [2.75, 3.05) is 39.3 Å². The van der Waals surface area contributed by atoms with Gasteiger partial charge in [-0.15, -0.1) is 0 Å². The SMILES string of the molecule is Cc1cc2c(cc1C)C(=O)N(CC1CCCCN(CCCCOc3cccc4ccccc34)C1)CC2. The number of nitrogens with zero attached hydrogens (tertiary/aromatic N) is 2. The van der Waals surface area contributed by atoms with E-state index in [0.717, 1.165) is 63.4 Å². The minimum Gasteiger partial charge on any atom is -0.493 e. The Hall–Kier alpha value is -2.85. The summed E-state index contributed by atoms with van der Waals surface area (Å²) in [4.78, 5) is 18.0. The second-order valence-electron chi connectivity index (χ2n) is 10.8. The van der Waals surface area contributed by atoms with Crippen LogP contribution in [-0.4, -0.2) is 55.0 Å². The molecule has 0 radical (unpaired) electrons. The molecule has 1 saturated heterocycles. The van der Waals surface area contributed by atoms with Gasteiger partial charge in [0.2, 0.25) is 0 Å². The van der Waals surface area contributed by atoms with E-state index in [2.05, 4.69) is 78.2 Å². The fraction of sp³-hybridized carbons (Fsp3) is 0.469. The van der Waals surface area contributed by atoms with E-state index < -0.39 is 0 Å². The Labute approximate surface area is 216 Å². The fourth-order valence-corrected chi connectivity index (χ4v) is 5.90. The van der Waals surface area contributed by atoms with Crippen LogP contribution in [0.25, 0.3) is 10.8 Å². The van der Waals surface area contributed by atoms with Gasteiger partial charge >= 0.3 is 0 Å². The van der Waals surface area contributed by atoms with Crippen LogP contribution < -0.4 is 4.74 Å². The van der Waals surface area contributed by atoms with E-state index in [0.29, 0.717) is 5.92 Å². The lowest BCUT2D eigenvalue weighted by Crippen LogP contribution is -2.43. The lowest BCUT2D eigenvalue weighted by atomic mass is 9.93. The molecule has 1 fully saturated rings. The maximum atomic E-state index is 13.3. The predicted molar refractivity (Wildman–Crippen MR) is 148 cm³/mol. The second kappa shape index (κ2) is 11.5. The zero-order chi connectivity index (χ0) is 24.9. The first-order chi connectivity index (χ1) is 17.6. The van der Waals surface area contributed by atoms with Crippen LogP contribution in [0.3, 0.4) is 0 Å². The number of unbranched alkanes of at least 4 members (excludes halogenated alkanes) is 1. The highest BCUT2D eigenvalue weighted by Crippen LogP contribution is 2.27. The first-order valence-corrected chi connectivity index (χ1v) is 13.8. The number of hydrogen-bond acceptors (Lipinski definition) is 3. The third kappa shape index (κ3) is 5.75. The lowest BCUT2D eigenvalue weighted by molar-refractivity contribution is 0.0695. The average molecular weight is 485 g/mol. The molecule has 0 saturated carbocycles. The van der Waals surface area contributed by atoms with Gasteiger partial charge in [-0.25, -0.2) is 0 Å². The Balaban J connectivity index is 1.10. The highest BCUT2D eigenvalue weighted by molar-refractivity contribution is 5.97. The van der Waals surface area contributed by atoms with Gasteiger partial charge < -0.3 is 14.5 Å². The standard InChI is InChI=1S/C32H40N2O2/c1-24-20-28-15-18-34(32(35)30(28)21-25(24)2)23-26-10-5-6-16-33(22-26)17-7-8-19-36-31-14-9-12-27-11-3-4-13-29(27)31/h3-4,9,11-14,20-21,26H,5-8,10,15-19,22-23H2,1-2H3. The molecule has 4 heteroatoms. The zero-order valence-corrected chi connectivity index (χ0v) is 22.0. The number of carbonyl (C=O) groups is 1. The molecule has 3 aromatic carbocycles. The van der Waals surface area contributed by atoms with E-state index >= 15 is 0 Å². The van der Waals surface area contributed by atoms with Gasteiger partial charge in [0.25, 0.3) is 5.91 Å². The Morgan fingerprint density at radius 1 is 0.944 bits per heavy atom. The van der Waals surface area contributed by atoms with E-state index in [1.807, 2.05) is 0 Å². The molecule has 3 aromatic rings. The van der Waals surface area contributed by atoms with Crippen LogP contribution in [0.5, 0.6) is 5.75 Å². The van der Waals surface area contributed by atoms with Crippen molar-refractivity contribution in [3.8, 4) is 5.75 Å². The molecule has 0 bridgehead atoms. The average Bonchev–Trinajstić information content (AvgIpc) is 3.12. The van der Waals surface area contributed by atoms with Crippen LogP contribution in [0, 0.1) is 19.8 Å². The molecular weight excluding hydrogens is 444 g/mol. The summed E-state index contributed by atoms with van der Waals surface area (Å²) in [6, 6.07) is 19.0. The maximum absolute atomic E-state index is 13.3. The van der Waals surface area contributed by atoms with E-state index in [4.69, 9.17) is 4.74 Å². The van der Waals surface area contributed by atoms with Crippen LogP contribution >= 0.6 is 0 Å². The number of likely N-dealkylation sites (tertiary alicyclic amines) is 1. The normalized spacial score (nSPS) is 18.8. The van der Waals surface area contributed by atoms with Gasteiger partial charge in [0.05, 0.1) is 6.61 Å². The lowest BCUT2D eigenvalue weighted by Gasteiger charge is -2.33. The van der Waals surface area contributed by atoms with Crippen LogP contribution in [0.2, 0.25) is 0 Å². The first-order valence-electron chi connectivity index (χ1n) is 13.8. The maximum Gasteiger partial charge on any atom is 0.254 e. The molecule has 0 aromatic heterocycles. The third-order valence-corrected chi connectivity index (χ3v) is 8.10. The minimum absolute atomic E-state index is 0.237. The molecule has 190 valence electrons. The first kappa shape index (κ1) is 24.8. The van der Waals surface area contributed by atoms with Gasteiger partial charge in [-0.2, -0.15) is 0 Å². The molecule has 2 aliphatic heterocycles. The van der Waals surface area contributed by atoms with Crippen molar-refractivity contribution in [1.29, 1.82) is 0 Å². The monoisotopic (exact) mass is 484 g/mol. The summed E-state index contributed by atoms with van der Waals surface area (Å²) in [6.45, 7) is 10.2. The molecule has 5 rings (SSSR count). The summed E-state index contributed by atoms with van der Waals surface area (Å²) in [5.74, 6) is 1.79. The van der Waals surface area contributed by atoms with E-state index in [-0.39, 0.29) is 5.91 Å². The smallest absolute Gasteiger partial charge is 0.254 e. The van der Waals surface area contributed by atoms with Gasteiger partial charge in [0.15, 0.2) is 0 Å². The van der Waals surface area contributed by atoms with Crippen LogP contribution in [-0.2, 0) is 6.42 Å². The van der Waals surface area contributed by atoms with Gasteiger partial charge in [-0.1, -0.05) is 48.9 Å². The summed E-state index contributed by atoms with van der Waals surface area (Å²) in [7, 11) is 0. The number of benzene rings is 3. The molecule has 1 atom stereocenters. The number of aryl methyl sites for hydroxylation is 2. The summed E-state index contributed by atoms with van der Waals surface area (Å²) in [6.07, 6.45) is 6.94. The molecule has 36 heavy (non-hydrogen) atoms. The Morgan fingerprint density at radius 3 is 2.69 bits per heavy atom. The number of amides is 1. The molecule has 1 amide bonds. The van der Waals surface area contributed by atoms with Crippen molar-refractivity contribution in [3.63, 3.8) is 0 Å². The molecular formula is C32H40N2O2. The highest BCUT2D eigenvalue weighted by Gasteiger charge is 2.28. The summed E-state index contributed by atoms with van der Waals surface area (Å²) < 4.78 is 6.15. The Morgan fingerprint density at radius 2 is 1.78 bits per heavy atom. The van der Waals surface area contributed by atoms with E-state index in [9.17, 15) is 4.79 Å². The van der Waals surface area contributed by atoms with Crippen molar-refractivity contribution in [3.05, 3.63) is 76.9 Å². The van der Waals surface area contributed by atoms with Crippen LogP contribution in [0.15, 0.2) is 54.6 Å². The van der Waals surface area contributed by atoms with Crippen LogP contribution in [0.1, 0.15) is 59.2 Å². The molecule has 0 aliphatic carbocycles. The molecule has 0 N–H and O–H groups in total. The number of hydrogen-bond donors (Lipinski definition) is 0. The van der Waals surface area contributed by atoms with Gasteiger partial charge in [-0.3, -0.25) is 4.79 Å².